The van der Waals surface area contributed by atoms with Gasteiger partial charge in [0.1, 0.15) is 0 Å². The van der Waals surface area contributed by atoms with E-state index in [-0.39, 0.29) is 11.9 Å². The second kappa shape index (κ2) is 6.63. The number of nitrogens with two attached hydrogens (primary N) is 1. The summed E-state index contributed by atoms with van der Waals surface area (Å²) >= 11 is 1.69. The van der Waals surface area contributed by atoms with E-state index in [9.17, 15) is 4.79 Å². The third-order valence-electron chi connectivity index (χ3n) is 2.83. The van der Waals surface area contributed by atoms with Gasteiger partial charge in [-0.05, 0) is 32.0 Å². The summed E-state index contributed by atoms with van der Waals surface area (Å²) in [6, 6.07) is 8.19. The van der Waals surface area contributed by atoms with E-state index in [0.29, 0.717) is 13.0 Å². The number of benzene rings is 1. The summed E-state index contributed by atoms with van der Waals surface area (Å²) in [6.07, 6.45) is 2.01. The first-order valence-electron chi connectivity index (χ1n) is 6.53. The molecule has 0 saturated heterocycles. The number of carbonyl (C=O) groups is 1. The zero-order valence-corrected chi connectivity index (χ0v) is 11.9. The second-order valence-electron chi connectivity index (χ2n) is 4.64. The van der Waals surface area contributed by atoms with Crippen molar-refractivity contribution in [2.75, 3.05) is 6.54 Å². The van der Waals surface area contributed by atoms with Crippen molar-refractivity contribution in [2.24, 2.45) is 5.73 Å². The van der Waals surface area contributed by atoms with E-state index < -0.39 is 0 Å². The number of rotatable bonds is 6. The first-order chi connectivity index (χ1) is 9.19. The van der Waals surface area contributed by atoms with Gasteiger partial charge in [-0.1, -0.05) is 12.1 Å². The molecular weight excluding hydrogens is 258 g/mol. The van der Waals surface area contributed by atoms with Crippen LogP contribution in [0, 0.1) is 0 Å². The highest BCUT2D eigenvalue weighted by Gasteiger charge is 2.10. The van der Waals surface area contributed by atoms with Gasteiger partial charge in [0.15, 0.2) is 0 Å². The quantitative estimate of drug-likeness (QED) is 0.849. The van der Waals surface area contributed by atoms with Crippen LogP contribution in [-0.4, -0.2) is 23.5 Å². The van der Waals surface area contributed by atoms with E-state index in [4.69, 9.17) is 5.73 Å². The molecule has 0 radical (unpaired) electrons. The molecule has 0 fully saturated rings. The van der Waals surface area contributed by atoms with Crippen LogP contribution in [-0.2, 0) is 11.2 Å². The monoisotopic (exact) mass is 277 g/mol. The molecule has 2 aromatic rings. The SMILES string of the molecule is CC(Cc1nc2ccccc2s1)NC(=O)CCCN. The van der Waals surface area contributed by atoms with Crippen LogP contribution in [0.15, 0.2) is 24.3 Å². The Hall–Kier alpha value is -1.46. The van der Waals surface area contributed by atoms with Crippen LogP contribution < -0.4 is 11.1 Å². The van der Waals surface area contributed by atoms with Crippen LogP contribution in [0.2, 0.25) is 0 Å². The molecule has 1 aromatic heterocycles. The predicted octanol–water partition coefficient (Wildman–Crippen LogP) is 2.08. The molecule has 0 bridgehead atoms. The number of nitrogens with one attached hydrogen (secondary N) is 1. The van der Waals surface area contributed by atoms with Crippen LogP contribution in [0.4, 0.5) is 0 Å². The van der Waals surface area contributed by atoms with Crippen LogP contribution in [0.1, 0.15) is 24.8 Å². The van der Waals surface area contributed by atoms with E-state index in [1.54, 1.807) is 11.3 Å². The van der Waals surface area contributed by atoms with E-state index in [2.05, 4.69) is 16.4 Å². The zero-order valence-electron chi connectivity index (χ0n) is 11.1. The molecule has 0 aliphatic rings. The predicted molar refractivity (Wildman–Crippen MR) is 79.2 cm³/mol. The number of hydrogen-bond donors (Lipinski definition) is 2. The molecule has 19 heavy (non-hydrogen) atoms. The number of carbonyl (C=O) groups excluding carboxylic acids is 1. The normalized spacial score (nSPS) is 12.5. The maximum atomic E-state index is 11.6. The molecule has 1 unspecified atom stereocenters. The van der Waals surface area contributed by atoms with Gasteiger partial charge in [0, 0.05) is 18.9 Å². The summed E-state index contributed by atoms with van der Waals surface area (Å²) in [5.41, 5.74) is 6.42. The van der Waals surface area contributed by atoms with Crippen LogP contribution in [0.25, 0.3) is 10.2 Å². The van der Waals surface area contributed by atoms with Crippen molar-refractivity contribution in [3.63, 3.8) is 0 Å². The van der Waals surface area contributed by atoms with Crippen LogP contribution in [0.3, 0.4) is 0 Å². The fourth-order valence-electron chi connectivity index (χ4n) is 1.93. The van der Waals surface area contributed by atoms with Crippen molar-refractivity contribution in [1.82, 2.24) is 10.3 Å². The minimum atomic E-state index is 0.0686. The van der Waals surface area contributed by atoms with Crippen molar-refractivity contribution in [3.8, 4) is 0 Å². The molecule has 0 aliphatic heterocycles. The maximum absolute atomic E-state index is 11.6. The van der Waals surface area contributed by atoms with Crippen LogP contribution in [0.5, 0.6) is 0 Å². The molecule has 1 aromatic carbocycles. The van der Waals surface area contributed by atoms with Gasteiger partial charge in [-0.3, -0.25) is 4.79 Å². The average Bonchev–Trinajstić information content (AvgIpc) is 2.78. The largest absolute Gasteiger partial charge is 0.353 e. The minimum Gasteiger partial charge on any atom is -0.353 e. The molecule has 4 nitrogen and oxygen atoms in total. The lowest BCUT2D eigenvalue weighted by Crippen LogP contribution is -2.34. The standard InChI is InChI=1S/C14H19N3OS/c1-10(16-13(18)7-4-8-15)9-14-17-11-5-2-3-6-12(11)19-14/h2-3,5-6,10H,4,7-9,15H2,1H3,(H,16,18). The van der Waals surface area contributed by atoms with Gasteiger partial charge in [0.05, 0.1) is 15.2 Å². The second-order valence-corrected chi connectivity index (χ2v) is 5.76. The van der Waals surface area contributed by atoms with Gasteiger partial charge in [0.25, 0.3) is 0 Å². The Morgan fingerprint density at radius 2 is 2.26 bits per heavy atom. The lowest BCUT2D eigenvalue weighted by Gasteiger charge is -2.11. The Labute approximate surface area is 117 Å². The van der Waals surface area contributed by atoms with Gasteiger partial charge in [-0.2, -0.15) is 0 Å². The molecule has 2 rings (SSSR count). The topological polar surface area (TPSA) is 68.0 Å². The van der Waals surface area contributed by atoms with Crippen LogP contribution >= 0.6 is 11.3 Å². The molecule has 0 spiro atoms. The number of hydrogen-bond acceptors (Lipinski definition) is 4. The van der Waals surface area contributed by atoms with Gasteiger partial charge in [0.2, 0.25) is 5.91 Å². The molecule has 1 amide bonds. The molecule has 102 valence electrons. The van der Waals surface area contributed by atoms with E-state index in [0.717, 1.165) is 23.4 Å². The highest BCUT2D eigenvalue weighted by atomic mass is 32.1. The van der Waals surface area contributed by atoms with Crippen molar-refractivity contribution in [2.45, 2.75) is 32.2 Å². The average molecular weight is 277 g/mol. The van der Waals surface area contributed by atoms with Crippen molar-refractivity contribution < 1.29 is 4.79 Å². The first kappa shape index (κ1) is 14.0. The summed E-state index contributed by atoms with van der Waals surface area (Å²) in [6.45, 7) is 2.56. The minimum absolute atomic E-state index is 0.0686. The van der Waals surface area contributed by atoms with Crippen molar-refractivity contribution >= 4 is 27.5 Å². The van der Waals surface area contributed by atoms with Gasteiger partial charge in [-0.15, -0.1) is 11.3 Å². The van der Waals surface area contributed by atoms with E-state index in [1.807, 2.05) is 25.1 Å². The number of amides is 1. The highest BCUT2D eigenvalue weighted by Crippen LogP contribution is 2.22. The Balaban J connectivity index is 1.91. The molecule has 1 atom stereocenters. The Morgan fingerprint density at radius 3 is 3.00 bits per heavy atom. The Bertz CT molecular complexity index is 519. The maximum Gasteiger partial charge on any atom is 0.220 e. The number of aromatic nitrogens is 1. The van der Waals surface area contributed by atoms with Gasteiger partial charge < -0.3 is 11.1 Å². The number of para-hydroxylation sites is 1. The molecule has 5 heteroatoms. The number of thiazole rings is 1. The summed E-state index contributed by atoms with van der Waals surface area (Å²) < 4.78 is 1.19. The zero-order chi connectivity index (χ0) is 13.7. The Morgan fingerprint density at radius 1 is 1.47 bits per heavy atom. The Kier molecular flexibility index (Phi) is 4.87. The molecule has 0 aliphatic carbocycles. The lowest BCUT2D eigenvalue weighted by molar-refractivity contribution is -0.121. The summed E-state index contributed by atoms with van der Waals surface area (Å²) in [5.74, 6) is 0.0686. The summed E-state index contributed by atoms with van der Waals surface area (Å²) in [7, 11) is 0. The lowest BCUT2D eigenvalue weighted by atomic mass is 10.2. The third-order valence-corrected chi connectivity index (χ3v) is 3.89. The highest BCUT2D eigenvalue weighted by molar-refractivity contribution is 7.18. The van der Waals surface area contributed by atoms with Gasteiger partial charge >= 0.3 is 0 Å². The summed E-state index contributed by atoms with van der Waals surface area (Å²) in [5, 5.41) is 4.04. The molecule has 0 saturated carbocycles. The smallest absolute Gasteiger partial charge is 0.220 e. The number of nitrogens with zero attached hydrogens (tertiary/aromatic N) is 1. The van der Waals surface area contributed by atoms with E-state index in [1.165, 1.54) is 4.70 Å². The van der Waals surface area contributed by atoms with E-state index >= 15 is 0 Å². The fraction of sp³-hybridized carbons (Fsp3) is 0.429. The molecular formula is C14H19N3OS. The van der Waals surface area contributed by atoms with Crippen molar-refractivity contribution in [1.29, 1.82) is 0 Å². The molecule has 3 N–H and O–H groups in total. The summed E-state index contributed by atoms with van der Waals surface area (Å²) in [4.78, 5) is 16.2. The third kappa shape index (κ3) is 4.01. The van der Waals surface area contributed by atoms with Crippen molar-refractivity contribution in [3.05, 3.63) is 29.3 Å². The fourth-order valence-corrected chi connectivity index (χ4v) is 3.03. The first-order valence-corrected chi connectivity index (χ1v) is 7.34. The number of fused-ring (bicyclic) bond motifs is 1. The van der Waals surface area contributed by atoms with Gasteiger partial charge in [-0.25, -0.2) is 4.98 Å². The molecule has 1 heterocycles.